The minimum Gasteiger partial charge on any atom is -0.504 e. The summed E-state index contributed by atoms with van der Waals surface area (Å²) in [5, 5.41) is 9.50. The zero-order chi connectivity index (χ0) is 8.97. The molecule has 3 nitrogen and oxygen atoms in total. The van der Waals surface area contributed by atoms with Gasteiger partial charge >= 0.3 is 0 Å². The Balaban J connectivity index is 3.13. The van der Waals surface area contributed by atoms with E-state index >= 15 is 0 Å². The third kappa shape index (κ3) is 1.88. The lowest BCUT2D eigenvalue weighted by atomic mass is 10.2. The van der Waals surface area contributed by atoms with Gasteiger partial charge in [-0.05, 0) is 12.1 Å². The number of halogens is 1. The molecule has 12 heavy (non-hydrogen) atoms. The van der Waals surface area contributed by atoms with Crippen LogP contribution in [0.15, 0.2) is 21.4 Å². The van der Waals surface area contributed by atoms with E-state index in [0.29, 0.717) is 11.3 Å². The van der Waals surface area contributed by atoms with Gasteiger partial charge in [0.05, 0.1) is 30.0 Å². The van der Waals surface area contributed by atoms with Gasteiger partial charge < -0.3 is 9.84 Å². The zero-order valence-electron chi connectivity index (χ0n) is 6.49. The highest BCUT2D eigenvalue weighted by Gasteiger charge is 2.03. The largest absolute Gasteiger partial charge is 0.504 e. The first-order chi connectivity index (χ1) is 5.79. The van der Waals surface area contributed by atoms with Gasteiger partial charge in [0.15, 0.2) is 11.5 Å². The summed E-state index contributed by atoms with van der Waals surface area (Å²) in [6.45, 7) is 0. The Labute approximate surface area is 84.6 Å². The van der Waals surface area contributed by atoms with E-state index < -0.39 is 0 Å². The first kappa shape index (κ1) is 9.31. The van der Waals surface area contributed by atoms with E-state index in [-0.39, 0.29) is 5.75 Å². The molecule has 0 saturated heterocycles. The standard InChI is InChI=1S/C8H8INO2/c1-12-7-4-2-3-6(5-10-9)8(7)11/h2-5,11H,1H3. The van der Waals surface area contributed by atoms with Crippen LogP contribution >= 0.6 is 22.9 Å². The average molecular weight is 277 g/mol. The van der Waals surface area contributed by atoms with Crippen molar-refractivity contribution in [1.29, 1.82) is 0 Å². The molecule has 0 amide bonds. The SMILES string of the molecule is COc1cccc(C=NI)c1O. The van der Waals surface area contributed by atoms with Crippen molar-refractivity contribution in [1.82, 2.24) is 0 Å². The van der Waals surface area contributed by atoms with Gasteiger partial charge in [-0.2, -0.15) is 0 Å². The van der Waals surface area contributed by atoms with Gasteiger partial charge in [-0.25, -0.2) is 3.21 Å². The Kier molecular flexibility index (Phi) is 3.33. The Morgan fingerprint density at radius 3 is 2.92 bits per heavy atom. The molecule has 0 heterocycles. The molecule has 0 spiro atoms. The Bertz CT molecular complexity index is 299. The third-order valence-electron chi connectivity index (χ3n) is 1.44. The number of phenols is 1. The van der Waals surface area contributed by atoms with Crippen molar-refractivity contribution < 1.29 is 9.84 Å². The monoisotopic (exact) mass is 277 g/mol. The molecule has 1 aromatic carbocycles. The molecule has 1 rings (SSSR count). The average Bonchev–Trinajstić information content (AvgIpc) is 2.09. The molecule has 0 aliphatic heterocycles. The maximum atomic E-state index is 9.50. The van der Waals surface area contributed by atoms with Crippen molar-refractivity contribution in [2.24, 2.45) is 3.21 Å². The van der Waals surface area contributed by atoms with Crippen LogP contribution in [0, 0.1) is 0 Å². The third-order valence-corrected chi connectivity index (χ3v) is 1.72. The number of hydrogen-bond acceptors (Lipinski definition) is 3. The van der Waals surface area contributed by atoms with Gasteiger partial charge in [-0.15, -0.1) is 0 Å². The number of benzene rings is 1. The summed E-state index contributed by atoms with van der Waals surface area (Å²) in [5.41, 5.74) is 0.656. The highest BCUT2D eigenvalue weighted by atomic mass is 127. The molecular weight excluding hydrogens is 269 g/mol. The molecule has 0 saturated carbocycles. The topological polar surface area (TPSA) is 41.8 Å². The lowest BCUT2D eigenvalue weighted by Gasteiger charge is -2.03. The number of phenolic OH excluding ortho intramolecular Hbond substituents is 1. The molecular formula is C8H8INO2. The minimum absolute atomic E-state index is 0.125. The fourth-order valence-corrected chi connectivity index (χ4v) is 1.16. The number of aromatic hydroxyl groups is 1. The van der Waals surface area contributed by atoms with Crippen LogP contribution in [-0.4, -0.2) is 18.4 Å². The second kappa shape index (κ2) is 4.30. The molecule has 0 radical (unpaired) electrons. The lowest BCUT2D eigenvalue weighted by molar-refractivity contribution is 0.373. The molecule has 0 fully saturated rings. The first-order valence-electron chi connectivity index (χ1n) is 3.30. The molecule has 1 N–H and O–H groups in total. The summed E-state index contributed by atoms with van der Waals surface area (Å²) in [4.78, 5) is 0. The first-order valence-corrected chi connectivity index (χ1v) is 4.26. The Morgan fingerprint density at radius 2 is 2.33 bits per heavy atom. The van der Waals surface area contributed by atoms with Crippen molar-refractivity contribution in [2.75, 3.05) is 7.11 Å². The van der Waals surface area contributed by atoms with Crippen LogP contribution in [0.2, 0.25) is 0 Å². The number of para-hydroxylation sites is 1. The van der Waals surface area contributed by atoms with Gasteiger partial charge in [0.2, 0.25) is 0 Å². The quantitative estimate of drug-likeness (QED) is 0.665. The number of nitrogens with zero attached hydrogens (tertiary/aromatic N) is 1. The number of methoxy groups -OCH3 is 1. The predicted octanol–water partition coefficient (Wildman–Crippen LogP) is 2.17. The van der Waals surface area contributed by atoms with Crippen molar-refractivity contribution in [3.8, 4) is 11.5 Å². The van der Waals surface area contributed by atoms with Gasteiger partial charge in [0.1, 0.15) is 0 Å². The van der Waals surface area contributed by atoms with Crippen molar-refractivity contribution in [3.05, 3.63) is 23.8 Å². The van der Waals surface area contributed by atoms with Crippen molar-refractivity contribution in [2.45, 2.75) is 0 Å². The molecule has 0 atom stereocenters. The molecule has 64 valence electrons. The maximum Gasteiger partial charge on any atom is 0.166 e. The van der Waals surface area contributed by atoms with Crippen LogP contribution in [0.1, 0.15) is 5.56 Å². The predicted molar refractivity (Wildman–Crippen MR) is 56.3 cm³/mol. The van der Waals surface area contributed by atoms with Crippen LogP contribution in [0.25, 0.3) is 0 Å². The highest BCUT2D eigenvalue weighted by Crippen LogP contribution is 2.27. The minimum atomic E-state index is 0.125. The van der Waals surface area contributed by atoms with Crippen LogP contribution in [-0.2, 0) is 0 Å². The Morgan fingerprint density at radius 1 is 1.58 bits per heavy atom. The van der Waals surface area contributed by atoms with E-state index in [0.717, 1.165) is 0 Å². The molecule has 0 aliphatic rings. The summed E-state index contributed by atoms with van der Waals surface area (Å²) < 4.78 is 8.69. The summed E-state index contributed by atoms with van der Waals surface area (Å²) in [6, 6.07) is 5.26. The second-order valence-corrected chi connectivity index (χ2v) is 2.68. The molecule has 1 aromatic rings. The van der Waals surface area contributed by atoms with Crippen molar-refractivity contribution >= 4 is 29.1 Å². The smallest absolute Gasteiger partial charge is 0.166 e. The van der Waals surface area contributed by atoms with E-state index in [2.05, 4.69) is 3.21 Å². The van der Waals surface area contributed by atoms with Crippen LogP contribution in [0.4, 0.5) is 0 Å². The normalized spacial score (nSPS) is 10.5. The molecule has 0 unspecified atom stereocenters. The van der Waals surface area contributed by atoms with Gasteiger partial charge in [0, 0.05) is 11.8 Å². The molecule has 4 heteroatoms. The summed E-state index contributed by atoms with van der Waals surface area (Å²) in [5.74, 6) is 0.587. The van der Waals surface area contributed by atoms with Gasteiger partial charge in [-0.1, -0.05) is 6.07 Å². The lowest BCUT2D eigenvalue weighted by Crippen LogP contribution is -1.87. The fraction of sp³-hybridized carbons (Fsp3) is 0.125. The second-order valence-electron chi connectivity index (χ2n) is 2.12. The van der Waals surface area contributed by atoms with E-state index in [9.17, 15) is 5.11 Å². The highest BCUT2D eigenvalue weighted by molar-refractivity contribution is 14.1. The van der Waals surface area contributed by atoms with Gasteiger partial charge in [-0.3, -0.25) is 0 Å². The van der Waals surface area contributed by atoms with Crippen LogP contribution < -0.4 is 4.74 Å². The maximum absolute atomic E-state index is 9.50. The van der Waals surface area contributed by atoms with Crippen LogP contribution in [0.5, 0.6) is 11.5 Å². The zero-order valence-corrected chi connectivity index (χ0v) is 8.65. The number of hydrogen-bond donors (Lipinski definition) is 1. The summed E-state index contributed by atoms with van der Waals surface area (Å²) >= 11 is 1.85. The molecule has 0 aromatic heterocycles. The summed E-state index contributed by atoms with van der Waals surface area (Å²) in [6.07, 6.45) is 1.57. The molecule has 0 bridgehead atoms. The number of rotatable bonds is 2. The fourth-order valence-electron chi connectivity index (χ4n) is 0.861. The van der Waals surface area contributed by atoms with E-state index in [4.69, 9.17) is 4.74 Å². The van der Waals surface area contributed by atoms with E-state index in [1.54, 1.807) is 24.4 Å². The molecule has 0 aliphatic carbocycles. The van der Waals surface area contributed by atoms with E-state index in [1.807, 2.05) is 22.9 Å². The van der Waals surface area contributed by atoms with E-state index in [1.165, 1.54) is 7.11 Å². The van der Waals surface area contributed by atoms with Crippen LogP contribution in [0.3, 0.4) is 0 Å². The summed E-state index contributed by atoms with van der Waals surface area (Å²) in [7, 11) is 1.51. The van der Waals surface area contributed by atoms with Gasteiger partial charge in [0.25, 0.3) is 0 Å². The van der Waals surface area contributed by atoms with Crippen molar-refractivity contribution in [3.63, 3.8) is 0 Å². The Hall–Kier alpha value is -0.780. The number of ether oxygens (including phenoxy) is 1.